The quantitative estimate of drug-likeness (QED) is 0.540. The number of halogens is 1. The number of carbonyl (C=O) groups excluding carboxylic acids is 1. The fourth-order valence-corrected chi connectivity index (χ4v) is 5.10. The summed E-state index contributed by atoms with van der Waals surface area (Å²) in [7, 11) is 2.77. The summed E-state index contributed by atoms with van der Waals surface area (Å²) in [6, 6.07) is 11.8. The minimum absolute atomic E-state index is 0.0135. The van der Waals surface area contributed by atoms with Crippen molar-refractivity contribution in [3.05, 3.63) is 89.0 Å². The highest BCUT2D eigenvalue weighted by Gasteiger charge is 2.32. The van der Waals surface area contributed by atoms with Crippen LogP contribution in [0.1, 0.15) is 24.1 Å². The first-order valence-electron chi connectivity index (χ1n) is 9.58. The molecule has 0 aliphatic carbocycles. The summed E-state index contributed by atoms with van der Waals surface area (Å²) in [6.07, 6.45) is 1.70. The Balaban J connectivity index is 1.98. The molecule has 1 atom stereocenters. The summed E-state index contributed by atoms with van der Waals surface area (Å²) in [6.45, 7) is 1.74. The molecule has 3 aromatic rings. The highest BCUT2D eigenvalue weighted by molar-refractivity contribution is 9.10. The number of ether oxygens (including phenoxy) is 2. The Hall–Kier alpha value is -3.17. The predicted molar refractivity (Wildman–Crippen MR) is 125 cm³/mol. The minimum Gasteiger partial charge on any atom is -0.504 e. The van der Waals surface area contributed by atoms with Gasteiger partial charge in [-0.3, -0.25) is 9.36 Å². The Bertz CT molecular complexity index is 1420. The molecule has 1 unspecified atom stereocenters. The van der Waals surface area contributed by atoms with Gasteiger partial charge in [0.15, 0.2) is 16.3 Å². The van der Waals surface area contributed by atoms with Crippen LogP contribution in [0.15, 0.2) is 68.0 Å². The summed E-state index contributed by atoms with van der Waals surface area (Å²) in [5.41, 5.74) is 1.99. The van der Waals surface area contributed by atoms with Crippen LogP contribution in [0.2, 0.25) is 0 Å². The Morgan fingerprint density at radius 3 is 2.62 bits per heavy atom. The van der Waals surface area contributed by atoms with Crippen molar-refractivity contribution in [3.63, 3.8) is 0 Å². The van der Waals surface area contributed by atoms with E-state index in [1.165, 1.54) is 36.2 Å². The molecular formula is C23H19BrN2O5S. The van der Waals surface area contributed by atoms with Crippen molar-refractivity contribution in [1.82, 2.24) is 4.57 Å². The minimum atomic E-state index is -0.653. The molecule has 0 saturated carbocycles. The average molecular weight is 515 g/mol. The number of aromatic hydroxyl groups is 1. The second-order valence-corrected chi connectivity index (χ2v) is 8.89. The molecule has 1 N–H and O–H groups in total. The van der Waals surface area contributed by atoms with E-state index < -0.39 is 12.0 Å². The average Bonchev–Trinajstić information content (AvgIpc) is 3.09. The molecule has 2 aromatic carbocycles. The third kappa shape index (κ3) is 3.78. The van der Waals surface area contributed by atoms with Gasteiger partial charge >= 0.3 is 5.97 Å². The fourth-order valence-electron chi connectivity index (χ4n) is 3.62. The van der Waals surface area contributed by atoms with Gasteiger partial charge in [0.05, 0.1) is 36.1 Å². The third-order valence-electron chi connectivity index (χ3n) is 5.13. The molecule has 0 amide bonds. The number of carbonyl (C=O) groups is 1. The van der Waals surface area contributed by atoms with Crippen LogP contribution in [0.5, 0.6) is 11.5 Å². The highest BCUT2D eigenvalue weighted by Crippen LogP contribution is 2.33. The van der Waals surface area contributed by atoms with Crippen LogP contribution in [0.4, 0.5) is 0 Å². The normalized spacial score (nSPS) is 15.9. The largest absolute Gasteiger partial charge is 0.504 e. The number of fused-ring (bicyclic) bond motifs is 1. The number of rotatable bonds is 4. The fraction of sp³-hybridized carbons (Fsp3) is 0.174. The molecule has 9 heteroatoms. The lowest BCUT2D eigenvalue weighted by Crippen LogP contribution is -2.39. The van der Waals surface area contributed by atoms with E-state index in [4.69, 9.17) is 9.47 Å². The van der Waals surface area contributed by atoms with Gasteiger partial charge in [0.25, 0.3) is 5.56 Å². The summed E-state index contributed by atoms with van der Waals surface area (Å²) >= 11 is 4.64. The van der Waals surface area contributed by atoms with E-state index in [0.717, 1.165) is 5.56 Å². The first-order valence-corrected chi connectivity index (χ1v) is 11.2. The van der Waals surface area contributed by atoms with Gasteiger partial charge in [-0.15, -0.1) is 0 Å². The number of hydrogen-bond donors (Lipinski definition) is 1. The first kappa shape index (κ1) is 22.0. The number of hydrogen-bond acceptors (Lipinski definition) is 7. The molecule has 0 spiro atoms. The topological polar surface area (TPSA) is 90.1 Å². The molecule has 1 aliphatic heterocycles. The smallest absolute Gasteiger partial charge is 0.338 e. The van der Waals surface area contributed by atoms with Gasteiger partial charge in [0.1, 0.15) is 0 Å². The van der Waals surface area contributed by atoms with Gasteiger partial charge < -0.3 is 14.6 Å². The number of thiazole rings is 1. The predicted octanol–water partition coefficient (Wildman–Crippen LogP) is 2.88. The molecule has 32 heavy (non-hydrogen) atoms. The molecule has 0 saturated heterocycles. The SMILES string of the molecule is COC(=O)C1=C(C)N=c2sc(=Cc3cc(OC)c(O)cc3Br)c(=O)n2C1c1ccccc1. The van der Waals surface area contributed by atoms with Gasteiger partial charge in [-0.25, -0.2) is 9.79 Å². The van der Waals surface area contributed by atoms with Crippen LogP contribution >= 0.6 is 27.3 Å². The van der Waals surface area contributed by atoms with E-state index in [2.05, 4.69) is 20.9 Å². The maximum atomic E-state index is 13.5. The van der Waals surface area contributed by atoms with Crippen molar-refractivity contribution < 1.29 is 19.4 Å². The van der Waals surface area contributed by atoms with Gasteiger partial charge in [-0.1, -0.05) is 57.6 Å². The van der Waals surface area contributed by atoms with Crippen molar-refractivity contribution in [3.8, 4) is 11.5 Å². The van der Waals surface area contributed by atoms with E-state index in [0.29, 0.717) is 36.4 Å². The summed E-state index contributed by atoms with van der Waals surface area (Å²) in [5, 5.41) is 9.97. The Morgan fingerprint density at radius 2 is 1.97 bits per heavy atom. The molecule has 0 bridgehead atoms. The van der Waals surface area contributed by atoms with E-state index in [-0.39, 0.29) is 11.3 Å². The maximum Gasteiger partial charge on any atom is 0.338 e. The summed E-state index contributed by atoms with van der Waals surface area (Å²) in [4.78, 5) is 31.1. The number of allylic oxidation sites excluding steroid dienone is 1. The lowest BCUT2D eigenvalue weighted by atomic mass is 9.96. The van der Waals surface area contributed by atoms with Crippen molar-refractivity contribution in [1.29, 1.82) is 0 Å². The van der Waals surface area contributed by atoms with E-state index in [1.807, 2.05) is 30.3 Å². The molecule has 0 fully saturated rings. The van der Waals surface area contributed by atoms with Crippen molar-refractivity contribution in [2.45, 2.75) is 13.0 Å². The molecule has 164 valence electrons. The number of methoxy groups -OCH3 is 2. The second kappa shape index (κ2) is 8.76. The van der Waals surface area contributed by atoms with E-state index in [9.17, 15) is 14.7 Å². The van der Waals surface area contributed by atoms with Crippen LogP contribution in [0.3, 0.4) is 0 Å². The maximum absolute atomic E-state index is 13.5. The van der Waals surface area contributed by atoms with Crippen LogP contribution in [0.25, 0.3) is 6.08 Å². The molecule has 7 nitrogen and oxygen atoms in total. The number of esters is 1. The molecule has 0 radical (unpaired) electrons. The van der Waals surface area contributed by atoms with Crippen LogP contribution in [-0.4, -0.2) is 29.9 Å². The van der Waals surface area contributed by atoms with Gasteiger partial charge in [-0.05, 0) is 36.3 Å². The monoisotopic (exact) mass is 514 g/mol. The van der Waals surface area contributed by atoms with E-state index in [1.54, 1.807) is 19.1 Å². The highest BCUT2D eigenvalue weighted by atomic mass is 79.9. The van der Waals surface area contributed by atoms with Crippen LogP contribution in [0, 0.1) is 0 Å². The Morgan fingerprint density at radius 1 is 1.25 bits per heavy atom. The molecule has 1 aromatic heterocycles. The zero-order valence-electron chi connectivity index (χ0n) is 17.5. The molecule has 1 aliphatic rings. The number of aromatic nitrogens is 1. The van der Waals surface area contributed by atoms with Gasteiger partial charge in [0, 0.05) is 4.47 Å². The zero-order chi connectivity index (χ0) is 23.0. The number of phenols is 1. The molecular weight excluding hydrogens is 496 g/mol. The first-order chi connectivity index (χ1) is 15.3. The molecule has 4 rings (SSSR count). The summed E-state index contributed by atoms with van der Waals surface area (Å²) < 4.78 is 12.7. The van der Waals surface area contributed by atoms with Gasteiger partial charge in [-0.2, -0.15) is 0 Å². The Kier molecular flexibility index (Phi) is 6.03. The zero-order valence-corrected chi connectivity index (χ0v) is 19.9. The Labute approximate surface area is 195 Å². The van der Waals surface area contributed by atoms with Crippen molar-refractivity contribution in [2.75, 3.05) is 14.2 Å². The number of phenolic OH excluding ortho intramolecular Hbond substituents is 1. The standard InChI is InChI=1S/C23H19BrN2O5S/c1-12-19(22(29)31-3)20(13-7-5-4-6-8-13)26-21(28)18(32-23(26)25-12)10-14-9-17(30-2)16(27)11-15(14)24/h4-11,20,27H,1-3H3. The lowest BCUT2D eigenvalue weighted by Gasteiger charge is -2.24. The molecule has 2 heterocycles. The second-order valence-electron chi connectivity index (χ2n) is 7.03. The third-order valence-corrected chi connectivity index (χ3v) is 6.80. The van der Waals surface area contributed by atoms with Crippen LogP contribution < -0.4 is 19.6 Å². The summed E-state index contributed by atoms with van der Waals surface area (Å²) in [5.74, 6) is -0.251. The lowest BCUT2D eigenvalue weighted by molar-refractivity contribution is -0.136. The number of benzene rings is 2. The van der Waals surface area contributed by atoms with Crippen LogP contribution in [-0.2, 0) is 9.53 Å². The van der Waals surface area contributed by atoms with Crippen molar-refractivity contribution >= 4 is 39.3 Å². The van der Waals surface area contributed by atoms with Gasteiger partial charge in [0.2, 0.25) is 0 Å². The van der Waals surface area contributed by atoms with E-state index >= 15 is 0 Å². The number of nitrogens with zero attached hydrogens (tertiary/aromatic N) is 2. The van der Waals surface area contributed by atoms with Crippen molar-refractivity contribution in [2.24, 2.45) is 4.99 Å².